The van der Waals surface area contributed by atoms with Crippen molar-refractivity contribution in [3.8, 4) is 0 Å². The van der Waals surface area contributed by atoms with Crippen molar-refractivity contribution < 1.29 is 0 Å². The standard InChI is InChI=1S/C14H22ClN3/c1-11-9-17(2)6-3-7-18(11)10-12-8-13(15)4-5-14(12)16/h4-5,8,11H,3,6-7,9-10,16H2,1-2H3. The SMILES string of the molecule is CC1CN(C)CCCN1Cc1cc(Cl)ccc1N. The van der Waals surface area contributed by atoms with Crippen molar-refractivity contribution in [2.45, 2.75) is 25.9 Å². The minimum absolute atomic E-state index is 0.552. The minimum Gasteiger partial charge on any atom is -0.398 e. The Hall–Kier alpha value is -0.770. The van der Waals surface area contributed by atoms with Crippen LogP contribution in [-0.4, -0.2) is 42.5 Å². The summed E-state index contributed by atoms with van der Waals surface area (Å²) in [5.41, 5.74) is 8.00. The molecule has 3 nitrogen and oxygen atoms in total. The molecular weight excluding hydrogens is 246 g/mol. The molecule has 4 heteroatoms. The normalized spacial score (nSPS) is 22.9. The Bertz CT molecular complexity index is 408. The highest BCUT2D eigenvalue weighted by molar-refractivity contribution is 6.30. The molecule has 1 aromatic carbocycles. The van der Waals surface area contributed by atoms with E-state index in [1.54, 1.807) is 0 Å². The van der Waals surface area contributed by atoms with Gasteiger partial charge in [0, 0.05) is 36.4 Å². The van der Waals surface area contributed by atoms with Gasteiger partial charge in [-0.25, -0.2) is 0 Å². The molecule has 1 heterocycles. The zero-order valence-electron chi connectivity index (χ0n) is 11.2. The second kappa shape index (κ2) is 5.91. The summed E-state index contributed by atoms with van der Waals surface area (Å²) in [4.78, 5) is 4.89. The van der Waals surface area contributed by atoms with Crippen LogP contribution >= 0.6 is 11.6 Å². The predicted octanol–water partition coefficient (Wildman–Crippen LogP) is 2.45. The van der Waals surface area contributed by atoms with Crippen LogP contribution in [0.3, 0.4) is 0 Å². The van der Waals surface area contributed by atoms with Crippen LogP contribution in [0.15, 0.2) is 18.2 Å². The van der Waals surface area contributed by atoms with E-state index in [1.807, 2.05) is 18.2 Å². The summed E-state index contributed by atoms with van der Waals surface area (Å²) in [6.07, 6.45) is 1.21. The smallest absolute Gasteiger partial charge is 0.0410 e. The number of rotatable bonds is 2. The maximum absolute atomic E-state index is 6.04. The summed E-state index contributed by atoms with van der Waals surface area (Å²) < 4.78 is 0. The second-order valence-electron chi connectivity index (χ2n) is 5.28. The first-order chi connectivity index (χ1) is 8.56. The summed E-state index contributed by atoms with van der Waals surface area (Å²) >= 11 is 6.04. The van der Waals surface area contributed by atoms with Gasteiger partial charge in [-0.2, -0.15) is 0 Å². The van der Waals surface area contributed by atoms with E-state index >= 15 is 0 Å². The predicted molar refractivity (Wildman–Crippen MR) is 77.9 cm³/mol. The third-order valence-electron chi connectivity index (χ3n) is 3.66. The summed E-state index contributed by atoms with van der Waals surface area (Å²) in [6, 6.07) is 6.28. The van der Waals surface area contributed by atoms with Gasteiger partial charge in [-0.1, -0.05) is 11.6 Å². The molecule has 1 aliphatic rings. The maximum atomic E-state index is 6.04. The Morgan fingerprint density at radius 2 is 2.17 bits per heavy atom. The zero-order valence-corrected chi connectivity index (χ0v) is 12.0. The van der Waals surface area contributed by atoms with E-state index in [1.165, 1.54) is 13.0 Å². The number of likely N-dealkylation sites (N-methyl/N-ethyl adjacent to an activating group) is 1. The van der Waals surface area contributed by atoms with Gasteiger partial charge < -0.3 is 10.6 Å². The first-order valence-electron chi connectivity index (χ1n) is 6.53. The molecule has 2 rings (SSSR count). The molecule has 1 aliphatic heterocycles. The highest BCUT2D eigenvalue weighted by atomic mass is 35.5. The largest absolute Gasteiger partial charge is 0.398 e. The number of halogens is 1. The molecule has 1 fully saturated rings. The molecule has 1 atom stereocenters. The second-order valence-corrected chi connectivity index (χ2v) is 5.71. The molecule has 100 valence electrons. The van der Waals surface area contributed by atoms with Crippen molar-refractivity contribution in [2.75, 3.05) is 32.4 Å². The lowest BCUT2D eigenvalue weighted by molar-refractivity contribution is 0.195. The van der Waals surface area contributed by atoms with Crippen molar-refractivity contribution in [1.29, 1.82) is 0 Å². The topological polar surface area (TPSA) is 32.5 Å². The van der Waals surface area contributed by atoms with Crippen molar-refractivity contribution in [2.24, 2.45) is 0 Å². The molecule has 1 aromatic rings. The molecule has 2 N–H and O–H groups in total. The van der Waals surface area contributed by atoms with Crippen molar-refractivity contribution in [3.63, 3.8) is 0 Å². The molecule has 0 aromatic heterocycles. The lowest BCUT2D eigenvalue weighted by atomic mass is 10.1. The molecule has 0 aliphatic carbocycles. The number of nitrogens with two attached hydrogens (primary N) is 1. The number of anilines is 1. The van der Waals surface area contributed by atoms with Gasteiger partial charge in [-0.15, -0.1) is 0 Å². The molecule has 0 spiro atoms. The van der Waals surface area contributed by atoms with E-state index in [9.17, 15) is 0 Å². The third-order valence-corrected chi connectivity index (χ3v) is 3.90. The van der Waals surface area contributed by atoms with Crippen LogP contribution in [0.2, 0.25) is 5.02 Å². The number of nitrogen functional groups attached to an aromatic ring is 1. The number of hydrogen-bond acceptors (Lipinski definition) is 3. The fourth-order valence-corrected chi connectivity index (χ4v) is 2.78. The van der Waals surface area contributed by atoms with Crippen LogP contribution in [0.25, 0.3) is 0 Å². The van der Waals surface area contributed by atoms with Gasteiger partial charge in [-0.3, -0.25) is 4.90 Å². The summed E-state index contributed by atoms with van der Waals surface area (Å²) in [6.45, 7) is 6.58. The number of hydrogen-bond donors (Lipinski definition) is 1. The van der Waals surface area contributed by atoms with Crippen LogP contribution < -0.4 is 5.73 Å². The van der Waals surface area contributed by atoms with Crippen molar-refractivity contribution >= 4 is 17.3 Å². The van der Waals surface area contributed by atoms with Crippen molar-refractivity contribution in [1.82, 2.24) is 9.80 Å². The molecule has 1 unspecified atom stereocenters. The van der Waals surface area contributed by atoms with E-state index in [-0.39, 0.29) is 0 Å². The van der Waals surface area contributed by atoms with E-state index in [4.69, 9.17) is 17.3 Å². The third kappa shape index (κ3) is 3.37. The van der Waals surface area contributed by atoms with Gasteiger partial charge in [0.2, 0.25) is 0 Å². The summed E-state index contributed by atoms with van der Waals surface area (Å²) in [5.74, 6) is 0. The quantitative estimate of drug-likeness (QED) is 0.836. The Balaban J connectivity index is 2.09. The molecule has 0 saturated carbocycles. The average Bonchev–Trinajstić information content (AvgIpc) is 2.46. The molecule has 0 bridgehead atoms. The molecule has 18 heavy (non-hydrogen) atoms. The van der Waals surface area contributed by atoms with Crippen LogP contribution in [0.4, 0.5) is 5.69 Å². The molecular formula is C14H22ClN3. The first-order valence-corrected chi connectivity index (χ1v) is 6.90. The monoisotopic (exact) mass is 267 g/mol. The van der Waals surface area contributed by atoms with Crippen LogP contribution in [-0.2, 0) is 6.54 Å². The van der Waals surface area contributed by atoms with Gasteiger partial charge in [0.15, 0.2) is 0 Å². The number of benzene rings is 1. The van der Waals surface area contributed by atoms with E-state index < -0.39 is 0 Å². The highest BCUT2D eigenvalue weighted by Gasteiger charge is 2.20. The maximum Gasteiger partial charge on any atom is 0.0410 e. The summed E-state index contributed by atoms with van der Waals surface area (Å²) in [5, 5.41) is 0.763. The highest BCUT2D eigenvalue weighted by Crippen LogP contribution is 2.21. The van der Waals surface area contributed by atoms with Gasteiger partial charge in [-0.05, 0) is 50.7 Å². The first kappa shape index (κ1) is 13.7. The van der Waals surface area contributed by atoms with Crippen LogP contribution in [0.5, 0.6) is 0 Å². The van der Waals surface area contributed by atoms with E-state index in [0.29, 0.717) is 6.04 Å². The lowest BCUT2D eigenvalue weighted by Crippen LogP contribution is -2.37. The van der Waals surface area contributed by atoms with Crippen LogP contribution in [0.1, 0.15) is 18.9 Å². The van der Waals surface area contributed by atoms with Gasteiger partial charge in [0.05, 0.1) is 0 Å². The molecule has 0 amide bonds. The van der Waals surface area contributed by atoms with E-state index in [2.05, 4.69) is 23.8 Å². The lowest BCUT2D eigenvalue weighted by Gasteiger charge is -2.28. The average molecular weight is 268 g/mol. The Morgan fingerprint density at radius 1 is 1.39 bits per heavy atom. The fraction of sp³-hybridized carbons (Fsp3) is 0.571. The van der Waals surface area contributed by atoms with Crippen molar-refractivity contribution in [3.05, 3.63) is 28.8 Å². The molecule has 1 saturated heterocycles. The molecule has 0 radical (unpaired) electrons. The van der Waals surface area contributed by atoms with Gasteiger partial charge in [0.1, 0.15) is 0 Å². The summed E-state index contributed by atoms with van der Waals surface area (Å²) in [7, 11) is 2.19. The Labute approximate surface area is 115 Å². The number of nitrogens with zero attached hydrogens (tertiary/aromatic N) is 2. The van der Waals surface area contributed by atoms with E-state index in [0.717, 1.165) is 35.9 Å². The van der Waals surface area contributed by atoms with Crippen LogP contribution in [0, 0.1) is 0 Å². The minimum atomic E-state index is 0.552. The zero-order chi connectivity index (χ0) is 13.1. The van der Waals surface area contributed by atoms with Gasteiger partial charge >= 0.3 is 0 Å². The fourth-order valence-electron chi connectivity index (χ4n) is 2.59. The van der Waals surface area contributed by atoms with Gasteiger partial charge in [0.25, 0.3) is 0 Å². The Kier molecular flexibility index (Phi) is 4.49. The Morgan fingerprint density at radius 3 is 2.94 bits per heavy atom.